The zero-order valence-electron chi connectivity index (χ0n) is 7.64. The molecule has 0 aliphatic carbocycles. The van der Waals surface area contributed by atoms with E-state index in [4.69, 9.17) is 17.3 Å². The minimum absolute atomic E-state index is 0.406. The second-order valence-corrected chi connectivity index (χ2v) is 4.20. The fourth-order valence-electron chi connectivity index (χ4n) is 0.959. The second kappa shape index (κ2) is 5.29. The Morgan fingerprint density at radius 3 is 2.85 bits per heavy atom. The normalized spacial score (nSPS) is 10.3. The first-order valence-corrected chi connectivity index (χ1v) is 5.59. The summed E-state index contributed by atoms with van der Waals surface area (Å²) in [4.78, 5) is 4.06. The monoisotopic (exact) mass is 219 g/mol. The molecule has 1 rings (SSSR count). The average Bonchev–Trinajstić information content (AvgIpc) is 2.41. The number of nitrogens with zero attached hydrogens (tertiary/aromatic N) is 1. The third kappa shape index (κ3) is 3.40. The lowest BCUT2D eigenvalue weighted by molar-refractivity contribution is 0.743. The lowest BCUT2D eigenvalue weighted by Gasteiger charge is -1.99. The van der Waals surface area contributed by atoms with Crippen molar-refractivity contribution in [3.8, 4) is 0 Å². The Hall–Kier alpha value is -0.480. The Morgan fingerprint density at radius 1 is 1.54 bits per heavy atom. The Labute approximate surface area is 87.3 Å². The van der Waals surface area contributed by atoms with Gasteiger partial charge in [0.1, 0.15) is 5.00 Å². The van der Waals surface area contributed by atoms with Crippen molar-refractivity contribution < 1.29 is 0 Å². The molecule has 13 heavy (non-hydrogen) atoms. The molecule has 1 aromatic heterocycles. The third-order valence-electron chi connectivity index (χ3n) is 1.67. The van der Waals surface area contributed by atoms with Crippen molar-refractivity contribution in [3.05, 3.63) is 5.15 Å². The van der Waals surface area contributed by atoms with Crippen molar-refractivity contribution in [2.45, 2.75) is 26.2 Å². The predicted octanol–water partition coefficient (Wildman–Crippen LogP) is 2.98. The Balaban J connectivity index is 2.29. The predicted molar refractivity (Wildman–Crippen MR) is 59.6 cm³/mol. The molecule has 0 radical (unpaired) electrons. The van der Waals surface area contributed by atoms with Gasteiger partial charge in [0.15, 0.2) is 10.3 Å². The molecule has 74 valence electrons. The summed E-state index contributed by atoms with van der Waals surface area (Å²) in [6.45, 7) is 3.12. The van der Waals surface area contributed by atoms with Gasteiger partial charge >= 0.3 is 0 Å². The van der Waals surface area contributed by atoms with Crippen LogP contribution in [0.1, 0.15) is 26.2 Å². The van der Waals surface area contributed by atoms with Gasteiger partial charge in [0, 0.05) is 6.54 Å². The van der Waals surface area contributed by atoms with E-state index in [0.717, 1.165) is 18.1 Å². The molecule has 0 aromatic carbocycles. The lowest BCUT2D eigenvalue weighted by atomic mass is 10.2. The van der Waals surface area contributed by atoms with Crippen LogP contribution in [0.2, 0.25) is 5.15 Å². The maximum Gasteiger partial charge on any atom is 0.186 e. The van der Waals surface area contributed by atoms with Gasteiger partial charge in [-0.3, -0.25) is 0 Å². The van der Waals surface area contributed by atoms with Gasteiger partial charge in [0.2, 0.25) is 0 Å². The number of halogens is 1. The molecule has 0 fully saturated rings. The SMILES string of the molecule is CCCCCNc1nc(Cl)c(N)s1. The molecule has 3 N–H and O–H groups in total. The van der Waals surface area contributed by atoms with Crippen LogP contribution in [-0.4, -0.2) is 11.5 Å². The summed E-state index contributed by atoms with van der Waals surface area (Å²) < 4.78 is 0. The van der Waals surface area contributed by atoms with E-state index in [9.17, 15) is 0 Å². The fraction of sp³-hybridized carbons (Fsp3) is 0.625. The van der Waals surface area contributed by atoms with E-state index >= 15 is 0 Å². The van der Waals surface area contributed by atoms with Gasteiger partial charge < -0.3 is 11.1 Å². The molecule has 0 spiro atoms. The first-order chi connectivity index (χ1) is 6.24. The smallest absolute Gasteiger partial charge is 0.186 e. The highest BCUT2D eigenvalue weighted by Gasteiger charge is 2.04. The van der Waals surface area contributed by atoms with E-state index in [2.05, 4.69) is 17.2 Å². The topological polar surface area (TPSA) is 50.9 Å². The summed E-state index contributed by atoms with van der Waals surface area (Å²) in [5.74, 6) is 0. The zero-order chi connectivity index (χ0) is 9.68. The first kappa shape index (κ1) is 10.6. The highest BCUT2D eigenvalue weighted by Crippen LogP contribution is 2.28. The highest BCUT2D eigenvalue weighted by molar-refractivity contribution is 7.19. The molecule has 3 nitrogen and oxygen atoms in total. The van der Waals surface area contributed by atoms with Gasteiger partial charge in [0.05, 0.1) is 0 Å². The van der Waals surface area contributed by atoms with Crippen LogP contribution in [0.5, 0.6) is 0 Å². The molecule has 0 aliphatic heterocycles. The number of hydrogen-bond donors (Lipinski definition) is 2. The molecular formula is C8H14ClN3S. The quantitative estimate of drug-likeness (QED) is 0.749. The van der Waals surface area contributed by atoms with E-state index in [1.165, 1.54) is 24.2 Å². The van der Waals surface area contributed by atoms with Crippen molar-refractivity contribution in [1.82, 2.24) is 4.98 Å². The number of hydrogen-bond acceptors (Lipinski definition) is 4. The molecule has 0 bridgehead atoms. The van der Waals surface area contributed by atoms with Crippen LogP contribution in [0.25, 0.3) is 0 Å². The lowest BCUT2D eigenvalue weighted by Crippen LogP contribution is -2.00. The fourth-order valence-corrected chi connectivity index (χ4v) is 1.86. The minimum Gasteiger partial charge on any atom is -0.388 e. The number of thiazole rings is 1. The second-order valence-electron chi connectivity index (χ2n) is 2.81. The van der Waals surface area contributed by atoms with Gasteiger partial charge in [-0.25, -0.2) is 4.98 Å². The van der Waals surface area contributed by atoms with Crippen LogP contribution in [0.3, 0.4) is 0 Å². The van der Waals surface area contributed by atoms with E-state index in [1.54, 1.807) is 0 Å². The van der Waals surface area contributed by atoms with Gasteiger partial charge in [-0.2, -0.15) is 0 Å². The van der Waals surface area contributed by atoms with E-state index < -0.39 is 0 Å². The standard InChI is InChI=1S/C8H14ClN3S/c1-2-3-4-5-11-8-12-6(9)7(10)13-8/h2-5,10H2,1H3,(H,11,12). The number of anilines is 2. The summed E-state index contributed by atoms with van der Waals surface area (Å²) in [5.41, 5.74) is 5.56. The number of aromatic nitrogens is 1. The van der Waals surface area contributed by atoms with E-state index in [1.807, 2.05) is 0 Å². The van der Waals surface area contributed by atoms with Crippen molar-refractivity contribution in [2.75, 3.05) is 17.6 Å². The molecular weight excluding hydrogens is 206 g/mol. The third-order valence-corrected chi connectivity index (χ3v) is 2.91. The Kier molecular flexibility index (Phi) is 4.32. The zero-order valence-corrected chi connectivity index (χ0v) is 9.21. The van der Waals surface area contributed by atoms with Crippen LogP contribution in [0.4, 0.5) is 10.1 Å². The maximum absolute atomic E-state index is 5.70. The number of rotatable bonds is 5. The summed E-state index contributed by atoms with van der Waals surface area (Å²) >= 11 is 7.10. The minimum atomic E-state index is 0.406. The summed E-state index contributed by atoms with van der Waals surface area (Å²) in [5, 5.41) is 4.99. The van der Waals surface area contributed by atoms with E-state index in [-0.39, 0.29) is 0 Å². The Bertz CT molecular complexity index is 242. The van der Waals surface area contributed by atoms with E-state index in [0.29, 0.717) is 10.2 Å². The number of nitrogens with one attached hydrogen (secondary N) is 1. The van der Waals surface area contributed by atoms with Gasteiger partial charge in [-0.15, -0.1) is 0 Å². The molecule has 1 heterocycles. The Morgan fingerprint density at radius 2 is 2.31 bits per heavy atom. The molecule has 0 saturated carbocycles. The summed E-state index contributed by atoms with van der Waals surface area (Å²) in [6, 6.07) is 0. The van der Waals surface area contributed by atoms with Gasteiger partial charge in [0.25, 0.3) is 0 Å². The number of nitrogen functional groups attached to an aromatic ring is 1. The molecule has 0 aliphatic rings. The maximum atomic E-state index is 5.70. The van der Waals surface area contributed by atoms with Gasteiger partial charge in [-0.1, -0.05) is 42.7 Å². The molecule has 0 amide bonds. The molecule has 0 saturated heterocycles. The molecule has 0 atom stereocenters. The van der Waals surface area contributed by atoms with Crippen molar-refractivity contribution in [1.29, 1.82) is 0 Å². The van der Waals surface area contributed by atoms with Crippen LogP contribution >= 0.6 is 22.9 Å². The summed E-state index contributed by atoms with van der Waals surface area (Å²) in [6.07, 6.45) is 3.62. The van der Waals surface area contributed by atoms with Crippen LogP contribution in [-0.2, 0) is 0 Å². The first-order valence-electron chi connectivity index (χ1n) is 4.39. The molecule has 1 aromatic rings. The molecule has 0 unspecified atom stereocenters. The van der Waals surface area contributed by atoms with Crippen LogP contribution in [0, 0.1) is 0 Å². The van der Waals surface area contributed by atoms with Crippen molar-refractivity contribution in [2.24, 2.45) is 0 Å². The van der Waals surface area contributed by atoms with Crippen molar-refractivity contribution in [3.63, 3.8) is 0 Å². The van der Waals surface area contributed by atoms with Gasteiger partial charge in [-0.05, 0) is 6.42 Å². The number of unbranched alkanes of at least 4 members (excludes halogenated alkanes) is 2. The van der Waals surface area contributed by atoms with Crippen molar-refractivity contribution >= 4 is 33.1 Å². The average molecular weight is 220 g/mol. The highest BCUT2D eigenvalue weighted by atomic mass is 35.5. The van der Waals surface area contributed by atoms with Crippen LogP contribution in [0.15, 0.2) is 0 Å². The largest absolute Gasteiger partial charge is 0.388 e. The number of nitrogens with two attached hydrogens (primary N) is 1. The molecule has 5 heteroatoms. The summed E-state index contributed by atoms with van der Waals surface area (Å²) in [7, 11) is 0. The van der Waals surface area contributed by atoms with Crippen LogP contribution < -0.4 is 11.1 Å².